The fourth-order valence-corrected chi connectivity index (χ4v) is 2.62. The largest absolute Gasteiger partial charge is 0.456 e. The number of carbonyl (C=O) groups is 1. The van der Waals surface area contributed by atoms with Crippen molar-refractivity contribution in [3.63, 3.8) is 0 Å². The third-order valence-electron chi connectivity index (χ3n) is 4.31. The first-order valence-corrected chi connectivity index (χ1v) is 9.09. The number of hydrogen-bond acceptors (Lipinski definition) is 6. The summed E-state index contributed by atoms with van der Waals surface area (Å²) in [5.74, 6) is 0.507. The second kappa shape index (κ2) is 7.60. The van der Waals surface area contributed by atoms with Crippen LogP contribution in [-0.4, -0.2) is 48.3 Å². The Hall–Kier alpha value is -1.82. The van der Waals surface area contributed by atoms with Crippen LogP contribution in [0.1, 0.15) is 58.3 Å². The van der Waals surface area contributed by atoms with Gasteiger partial charge in [-0.25, -0.2) is 9.78 Å². The Labute approximate surface area is 151 Å². The minimum atomic E-state index is -0.535. The molecule has 1 aliphatic rings. The lowest BCUT2D eigenvalue weighted by Gasteiger charge is -2.34. The molecule has 140 valence electrons. The first-order valence-electron chi connectivity index (χ1n) is 9.09. The zero-order chi connectivity index (χ0) is 18.7. The molecule has 0 aliphatic carbocycles. The molecule has 0 radical (unpaired) electrons. The molecule has 25 heavy (non-hydrogen) atoms. The Kier molecular flexibility index (Phi) is 5.93. The molecule has 2 N–H and O–H groups in total. The molecule has 1 saturated heterocycles. The standard InChI is InChI=1S/C19H32N4O2/c1-7-19(5,6)22-15-14(17(24)25-18(2,3)4)8-9-21-16(15)23-12-10-20-11-13-23/h8-9,20,22H,7,10-13H2,1-6H3. The lowest BCUT2D eigenvalue weighted by Crippen LogP contribution is -2.44. The topological polar surface area (TPSA) is 66.5 Å². The average Bonchev–Trinajstić information content (AvgIpc) is 2.54. The summed E-state index contributed by atoms with van der Waals surface area (Å²) in [7, 11) is 0. The lowest BCUT2D eigenvalue weighted by molar-refractivity contribution is 0.00705. The van der Waals surface area contributed by atoms with Crippen LogP contribution in [0.25, 0.3) is 0 Å². The van der Waals surface area contributed by atoms with Gasteiger partial charge in [-0.05, 0) is 47.1 Å². The van der Waals surface area contributed by atoms with Gasteiger partial charge in [0.05, 0.1) is 11.3 Å². The first kappa shape index (κ1) is 19.5. The molecule has 0 aromatic carbocycles. The molecule has 1 aliphatic heterocycles. The van der Waals surface area contributed by atoms with Gasteiger partial charge in [0.15, 0.2) is 5.82 Å². The second-order valence-corrected chi connectivity index (χ2v) is 8.16. The van der Waals surface area contributed by atoms with Crippen LogP contribution in [0.2, 0.25) is 0 Å². The van der Waals surface area contributed by atoms with Crippen molar-refractivity contribution in [1.82, 2.24) is 10.3 Å². The summed E-state index contributed by atoms with van der Waals surface area (Å²) < 4.78 is 5.62. The van der Waals surface area contributed by atoms with Gasteiger partial charge in [-0.1, -0.05) is 6.92 Å². The number of nitrogens with zero attached hydrogens (tertiary/aromatic N) is 2. The molecule has 1 aromatic rings. The Morgan fingerprint density at radius 1 is 1.28 bits per heavy atom. The van der Waals surface area contributed by atoms with Gasteiger partial charge in [0, 0.05) is 37.9 Å². The predicted octanol–water partition coefficient (Wildman–Crippen LogP) is 3.05. The van der Waals surface area contributed by atoms with E-state index in [1.807, 2.05) is 20.8 Å². The van der Waals surface area contributed by atoms with E-state index in [2.05, 4.69) is 41.3 Å². The van der Waals surface area contributed by atoms with Gasteiger partial charge in [0.25, 0.3) is 0 Å². The van der Waals surface area contributed by atoms with E-state index in [1.54, 1.807) is 12.3 Å². The van der Waals surface area contributed by atoms with Gasteiger partial charge < -0.3 is 20.3 Å². The fourth-order valence-electron chi connectivity index (χ4n) is 2.62. The van der Waals surface area contributed by atoms with E-state index >= 15 is 0 Å². The molecule has 2 heterocycles. The van der Waals surface area contributed by atoms with Crippen molar-refractivity contribution >= 4 is 17.5 Å². The van der Waals surface area contributed by atoms with Gasteiger partial charge in [-0.2, -0.15) is 0 Å². The fraction of sp³-hybridized carbons (Fsp3) is 0.684. The number of carbonyl (C=O) groups excluding carboxylic acids is 1. The molecule has 0 unspecified atom stereocenters. The number of aromatic nitrogens is 1. The average molecular weight is 348 g/mol. The molecular formula is C19H32N4O2. The molecule has 1 aromatic heterocycles. The molecule has 6 heteroatoms. The van der Waals surface area contributed by atoms with Gasteiger partial charge in [0.1, 0.15) is 5.60 Å². The number of anilines is 2. The Morgan fingerprint density at radius 3 is 2.48 bits per heavy atom. The van der Waals surface area contributed by atoms with Gasteiger partial charge in [-0.15, -0.1) is 0 Å². The van der Waals surface area contributed by atoms with Gasteiger partial charge >= 0.3 is 5.97 Å². The molecule has 0 saturated carbocycles. The van der Waals surface area contributed by atoms with Crippen molar-refractivity contribution in [3.8, 4) is 0 Å². The number of hydrogen-bond donors (Lipinski definition) is 2. The van der Waals surface area contributed by atoms with Crippen LogP contribution >= 0.6 is 0 Å². The highest BCUT2D eigenvalue weighted by Crippen LogP contribution is 2.32. The number of ether oxygens (including phenoxy) is 1. The van der Waals surface area contributed by atoms with E-state index in [1.165, 1.54) is 0 Å². The number of nitrogens with one attached hydrogen (secondary N) is 2. The summed E-state index contributed by atoms with van der Waals surface area (Å²) in [4.78, 5) is 19.6. The Morgan fingerprint density at radius 2 is 1.92 bits per heavy atom. The maximum Gasteiger partial charge on any atom is 0.340 e. The highest BCUT2D eigenvalue weighted by molar-refractivity contribution is 5.99. The molecular weight excluding hydrogens is 316 g/mol. The van der Waals surface area contributed by atoms with Crippen LogP contribution in [0.5, 0.6) is 0 Å². The molecule has 0 amide bonds. The van der Waals surface area contributed by atoms with Crippen LogP contribution in [0, 0.1) is 0 Å². The first-order chi connectivity index (χ1) is 11.6. The zero-order valence-corrected chi connectivity index (χ0v) is 16.4. The van der Waals surface area contributed by atoms with Crippen molar-refractivity contribution in [2.24, 2.45) is 0 Å². The van der Waals surface area contributed by atoms with Crippen molar-refractivity contribution in [2.75, 3.05) is 36.4 Å². The molecule has 0 atom stereocenters. The third kappa shape index (κ3) is 5.33. The summed E-state index contributed by atoms with van der Waals surface area (Å²) in [6, 6.07) is 1.74. The van der Waals surface area contributed by atoms with Gasteiger partial charge in [0.2, 0.25) is 0 Å². The SMILES string of the molecule is CCC(C)(C)Nc1c(C(=O)OC(C)(C)C)ccnc1N1CCNCC1. The summed E-state index contributed by atoms with van der Waals surface area (Å²) in [6.07, 6.45) is 2.62. The molecule has 6 nitrogen and oxygen atoms in total. The third-order valence-corrected chi connectivity index (χ3v) is 4.31. The Bertz CT molecular complexity index is 602. The van der Waals surface area contributed by atoms with Crippen molar-refractivity contribution in [3.05, 3.63) is 17.8 Å². The number of pyridine rings is 1. The minimum absolute atomic E-state index is 0.150. The van der Waals surface area contributed by atoms with Gasteiger partial charge in [-0.3, -0.25) is 0 Å². The summed E-state index contributed by atoms with van der Waals surface area (Å²) in [5.41, 5.74) is 0.626. The van der Waals surface area contributed by atoms with Crippen LogP contribution in [0.4, 0.5) is 11.5 Å². The predicted molar refractivity (Wildman–Crippen MR) is 102 cm³/mol. The van der Waals surface area contributed by atoms with Crippen molar-refractivity contribution in [2.45, 2.75) is 59.1 Å². The second-order valence-electron chi connectivity index (χ2n) is 8.16. The summed E-state index contributed by atoms with van der Waals surface area (Å²) in [5, 5.41) is 6.89. The number of esters is 1. The normalized spacial score (nSPS) is 15.8. The highest BCUT2D eigenvalue weighted by atomic mass is 16.6. The van der Waals surface area contributed by atoms with E-state index in [-0.39, 0.29) is 11.5 Å². The molecule has 2 rings (SSSR count). The van der Waals surface area contributed by atoms with Crippen molar-refractivity contribution < 1.29 is 9.53 Å². The molecule has 0 bridgehead atoms. The van der Waals surface area contributed by atoms with Crippen LogP contribution in [0.15, 0.2) is 12.3 Å². The molecule has 1 fully saturated rings. The smallest absolute Gasteiger partial charge is 0.340 e. The zero-order valence-electron chi connectivity index (χ0n) is 16.4. The van der Waals surface area contributed by atoms with E-state index < -0.39 is 5.60 Å². The highest BCUT2D eigenvalue weighted by Gasteiger charge is 2.28. The van der Waals surface area contributed by atoms with Crippen LogP contribution in [0.3, 0.4) is 0 Å². The van der Waals surface area contributed by atoms with Crippen LogP contribution < -0.4 is 15.5 Å². The maximum atomic E-state index is 12.8. The summed E-state index contributed by atoms with van der Waals surface area (Å²) in [6.45, 7) is 15.6. The molecule has 0 spiro atoms. The van der Waals surface area contributed by atoms with E-state index in [9.17, 15) is 4.79 Å². The van der Waals surface area contributed by atoms with Crippen LogP contribution in [-0.2, 0) is 4.74 Å². The number of piperazine rings is 1. The monoisotopic (exact) mass is 348 g/mol. The quantitative estimate of drug-likeness (QED) is 0.797. The van der Waals surface area contributed by atoms with E-state index in [4.69, 9.17) is 4.74 Å². The maximum absolute atomic E-state index is 12.8. The minimum Gasteiger partial charge on any atom is -0.456 e. The Balaban J connectivity index is 2.45. The lowest BCUT2D eigenvalue weighted by atomic mass is 10.0. The van der Waals surface area contributed by atoms with E-state index in [0.717, 1.165) is 44.1 Å². The van der Waals surface area contributed by atoms with Crippen molar-refractivity contribution in [1.29, 1.82) is 0 Å². The number of rotatable bonds is 5. The summed E-state index contributed by atoms with van der Waals surface area (Å²) >= 11 is 0. The van der Waals surface area contributed by atoms with E-state index in [0.29, 0.717) is 5.56 Å².